The van der Waals surface area contributed by atoms with Crippen LogP contribution in [0.3, 0.4) is 0 Å². The van der Waals surface area contributed by atoms with Gasteiger partial charge in [0, 0.05) is 13.2 Å². The van der Waals surface area contributed by atoms with Crippen LogP contribution in [-0.2, 0) is 10.3 Å². The summed E-state index contributed by atoms with van der Waals surface area (Å²) in [5.74, 6) is 0.984. The second-order valence-corrected chi connectivity index (χ2v) is 6.60. The van der Waals surface area contributed by atoms with Gasteiger partial charge in [-0.1, -0.05) is 54.6 Å². The highest BCUT2D eigenvalue weighted by Gasteiger charge is 2.37. The van der Waals surface area contributed by atoms with E-state index < -0.39 is 5.60 Å². The summed E-state index contributed by atoms with van der Waals surface area (Å²) in [6.07, 6.45) is 1.43. The fourth-order valence-electron chi connectivity index (χ4n) is 3.38. The molecule has 146 valence electrons. The first kappa shape index (κ1) is 19.9. The second-order valence-electron chi connectivity index (χ2n) is 6.60. The molecule has 0 heterocycles. The highest BCUT2D eigenvalue weighted by atomic mass is 16.5. The molecule has 0 aliphatic heterocycles. The maximum absolute atomic E-state index is 9.79. The molecule has 0 amide bonds. The largest absolute Gasteiger partial charge is 0.508 e. The normalized spacial score (nSPS) is 13.1. The number of methoxy groups -OCH3 is 1. The highest BCUT2D eigenvalue weighted by Crippen LogP contribution is 2.41. The number of hydrogen-bond acceptors (Lipinski definition) is 4. The van der Waals surface area contributed by atoms with Crippen LogP contribution in [0.5, 0.6) is 11.5 Å². The molecule has 3 aromatic rings. The highest BCUT2D eigenvalue weighted by molar-refractivity contribution is 5.49. The van der Waals surface area contributed by atoms with Gasteiger partial charge >= 0.3 is 0 Å². The lowest BCUT2D eigenvalue weighted by Gasteiger charge is -2.36. The molecular formula is C24H26O4. The van der Waals surface area contributed by atoms with Gasteiger partial charge in [-0.15, -0.1) is 0 Å². The van der Waals surface area contributed by atoms with Gasteiger partial charge in [-0.25, -0.2) is 0 Å². The number of rotatable bonds is 9. The van der Waals surface area contributed by atoms with Gasteiger partial charge in [-0.3, -0.25) is 0 Å². The van der Waals surface area contributed by atoms with Crippen LogP contribution in [0.1, 0.15) is 29.5 Å². The molecule has 0 spiro atoms. The first-order valence-electron chi connectivity index (χ1n) is 9.45. The molecule has 28 heavy (non-hydrogen) atoms. The van der Waals surface area contributed by atoms with Crippen LogP contribution in [0.15, 0.2) is 78.9 Å². The SMILES string of the molecule is COc1ccc(C(OCCCCO)(c2ccccc2)c2ccc(O)cc2)cc1. The van der Waals surface area contributed by atoms with Gasteiger partial charge in [-0.05, 0) is 53.8 Å². The van der Waals surface area contributed by atoms with Crippen molar-refractivity contribution >= 4 is 0 Å². The summed E-state index contributed by atoms with van der Waals surface area (Å²) in [6, 6.07) is 25.0. The Hall–Kier alpha value is -2.82. The van der Waals surface area contributed by atoms with Crippen LogP contribution in [0, 0.1) is 0 Å². The molecule has 0 saturated heterocycles. The third-order valence-electron chi connectivity index (χ3n) is 4.82. The molecule has 0 aliphatic carbocycles. The van der Waals surface area contributed by atoms with Crippen LogP contribution in [0.4, 0.5) is 0 Å². The van der Waals surface area contributed by atoms with E-state index >= 15 is 0 Å². The predicted octanol–water partition coefficient (Wildman–Crippen LogP) is 4.48. The van der Waals surface area contributed by atoms with Crippen LogP contribution in [0.25, 0.3) is 0 Å². The molecule has 0 aromatic heterocycles. The average Bonchev–Trinajstić information content (AvgIpc) is 2.76. The lowest BCUT2D eigenvalue weighted by molar-refractivity contribution is 0.00931. The van der Waals surface area contributed by atoms with Crippen LogP contribution >= 0.6 is 0 Å². The van der Waals surface area contributed by atoms with E-state index in [1.165, 1.54) is 0 Å². The zero-order valence-electron chi connectivity index (χ0n) is 16.0. The van der Waals surface area contributed by atoms with Crippen molar-refractivity contribution in [1.29, 1.82) is 0 Å². The molecule has 4 heteroatoms. The third-order valence-corrected chi connectivity index (χ3v) is 4.82. The van der Waals surface area contributed by atoms with Gasteiger partial charge in [0.15, 0.2) is 0 Å². The van der Waals surface area contributed by atoms with Gasteiger partial charge in [0.2, 0.25) is 0 Å². The Morgan fingerprint density at radius 1 is 0.750 bits per heavy atom. The molecule has 0 radical (unpaired) electrons. The zero-order chi connectivity index (χ0) is 19.8. The Kier molecular flexibility index (Phi) is 6.69. The van der Waals surface area contributed by atoms with Crippen molar-refractivity contribution in [3.05, 3.63) is 95.6 Å². The summed E-state index contributed by atoms with van der Waals surface area (Å²) in [7, 11) is 1.64. The smallest absolute Gasteiger partial charge is 0.143 e. The van der Waals surface area contributed by atoms with E-state index in [-0.39, 0.29) is 12.4 Å². The fourth-order valence-corrected chi connectivity index (χ4v) is 3.38. The zero-order valence-corrected chi connectivity index (χ0v) is 16.0. The molecule has 0 bridgehead atoms. The minimum Gasteiger partial charge on any atom is -0.508 e. The Bertz CT molecular complexity index is 844. The predicted molar refractivity (Wildman–Crippen MR) is 110 cm³/mol. The number of benzene rings is 3. The van der Waals surface area contributed by atoms with E-state index in [9.17, 15) is 5.11 Å². The van der Waals surface area contributed by atoms with Gasteiger partial charge in [0.05, 0.1) is 7.11 Å². The molecule has 2 N–H and O–H groups in total. The molecule has 0 saturated carbocycles. The van der Waals surface area contributed by atoms with E-state index in [2.05, 4.69) is 0 Å². The number of unbranched alkanes of at least 4 members (excludes halogenated alkanes) is 1. The van der Waals surface area contributed by atoms with Gasteiger partial charge in [0.1, 0.15) is 17.1 Å². The van der Waals surface area contributed by atoms with Crippen molar-refractivity contribution in [2.75, 3.05) is 20.3 Å². The first-order chi connectivity index (χ1) is 13.7. The van der Waals surface area contributed by atoms with Gasteiger partial charge in [-0.2, -0.15) is 0 Å². The Morgan fingerprint density at radius 2 is 1.32 bits per heavy atom. The molecule has 1 unspecified atom stereocenters. The van der Waals surface area contributed by atoms with E-state index in [1.807, 2.05) is 66.7 Å². The molecule has 4 nitrogen and oxygen atoms in total. The Morgan fingerprint density at radius 3 is 1.89 bits per heavy atom. The molecule has 3 rings (SSSR count). The minimum absolute atomic E-state index is 0.142. The summed E-state index contributed by atoms with van der Waals surface area (Å²) in [5.41, 5.74) is 2.05. The standard InChI is InChI=1S/C24H26O4/c1-27-23-15-11-21(12-16-23)24(28-18-6-5-17-25,19-7-3-2-4-8-19)20-9-13-22(26)14-10-20/h2-4,7-16,25-26H,5-6,17-18H2,1H3. The molecular weight excluding hydrogens is 352 g/mol. The Labute approximate surface area is 166 Å². The Balaban J connectivity index is 2.16. The minimum atomic E-state index is -0.837. The van der Waals surface area contributed by atoms with Crippen LogP contribution in [-0.4, -0.2) is 30.5 Å². The van der Waals surface area contributed by atoms with Crippen LogP contribution < -0.4 is 4.74 Å². The summed E-state index contributed by atoms with van der Waals surface area (Å²) in [4.78, 5) is 0. The first-order valence-corrected chi connectivity index (χ1v) is 9.45. The lowest BCUT2D eigenvalue weighted by Crippen LogP contribution is -2.33. The van der Waals surface area contributed by atoms with Gasteiger partial charge < -0.3 is 19.7 Å². The monoisotopic (exact) mass is 378 g/mol. The van der Waals surface area contributed by atoms with Crippen molar-refractivity contribution in [3.63, 3.8) is 0 Å². The van der Waals surface area contributed by atoms with Crippen molar-refractivity contribution in [2.45, 2.75) is 18.4 Å². The maximum atomic E-state index is 9.79. The number of phenols is 1. The number of phenolic OH excluding ortho intramolecular Hbond substituents is 1. The lowest BCUT2D eigenvalue weighted by atomic mass is 9.80. The van der Waals surface area contributed by atoms with E-state index in [1.54, 1.807) is 19.2 Å². The third kappa shape index (κ3) is 4.19. The molecule has 1 atom stereocenters. The number of aromatic hydroxyl groups is 1. The summed E-state index contributed by atoms with van der Waals surface area (Å²) in [6.45, 7) is 0.631. The maximum Gasteiger partial charge on any atom is 0.143 e. The number of ether oxygens (including phenoxy) is 2. The quantitative estimate of drug-likeness (QED) is 0.426. The molecule has 0 aliphatic rings. The average molecular weight is 378 g/mol. The molecule has 3 aromatic carbocycles. The van der Waals surface area contributed by atoms with E-state index in [4.69, 9.17) is 14.6 Å². The van der Waals surface area contributed by atoms with Crippen molar-refractivity contribution < 1.29 is 19.7 Å². The van der Waals surface area contributed by atoms with E-state index in [0.717, 1.165) is 28.9 Å². The number of aliphatic hydroxyl groups is 1. The summed E-state index contributed by atoms with van der Waals surface area (Å²) in [5, 5.41) is 18.9. The second kappa shape index (κ2) is 9.40. The number of hydrogen-bond donors (Lipinski definition) is 2. The summed E-state index contributed by atoms with van der Waals surface area (Å²) < 4.78 is 11.9. The van der Waals surface area contributed by atoms with Crippen molar-refractivity contribution in [2.24, 2.45) is 0 Å². The van der Waals surface area contributed by atoms with Crippen molar-refractivity contribution in [3.8, 4) is 11.5 Å². The molecule has 0 fully saturated rings. The van der Waals surface area contributed by atoms with Crippen molar-refractivity contribution in [1.82, 2.24) is 0 Å². The topological polar surface area (TPSA) is 58.9 Å². The number of aliphatic hydroxyl groups excluding tert-OH is 1. The summed E-state index contributed by atoms with van der Waals surface area (Å²) >= 11 is 0. The fraction of sp³-hybridized carbons (Fsp3) is 0.250. The van der Waals surface area contributed by atoms with Crippen LogP contribution in [0.2, 0.25) is 0 Å². The van der Waals surface area contributed by atoms with E-state index in [0.29, 0.717) is 13.0 Å². The van der Waals surface area contributed by atoms with Gasteiger partial charge in [0.25, 0.3) is 0 Å².